The average molecular weight is 354 g/mol. The van der Waals surface area contributed by atoms with E-state index in [1.54, 1.807) is 11.3 Å². The molecule has 0 unspecified atom stereocenters. The van der Waals surface area contributed by atoms with E-state index < -0.39 is 0 Å². The lowest BCUT2D eigenvalue weighted by Crippen LogP contribution is -2.25. The van der Waals surface area contributed by atoms with E-state index in [0.717, 1.165) is 34.2 Å². The molecule has 0 aliphatic carbocycles. The van der Waals surface area contributed by atoms with Gasteiger partial charge >= 0.3 is 0 Å². The van der Waals surface area contributed by atoms with Crippen LogP contribution in [0.1, 0.15) is 39.5 Å². The zero-order valence-corrected chi connectivity index (χ0v) is 15.4. The van der Waals surface area contributed by atoms with Gasteiger partial charge in [0.15, 0.2) is 4.96 Å². The highest BCUT2D eigenvalue weighted by Crippen LogP contribution is 2.22. The second-order valence-corrected chi connectivity index (χ2v) is 7.80. The van der Waals surface area contributed by atoms with Crippen molar-refractivity contribution in [2.24, 2.45) is 0 Å². The first-order chi connectivity index (χ1) is 12.1. The summed E-state index contributed by atoms with van der Waals surface area (Å²) in [6, 6.07) is 8.50. The quantitative estimate of drug-likeness (QED) is 0.780. The fourth-order valence-electron chi connectivity index (χ4n) is 3.40. The molecule has 2 aromatic heterocycles. The number of amides is 1. The summed E-state index contributed by atoms with van der Waals surface area (Å²) in [5.74, 6) is -0.0774. The van der Waals surface area contributed by atoms with Gasteiger partial charge in [0.1, 0.15) is 5.69 Å². The Balaban J connectivity index is 1.45. The van der Waals surface area contributed by atoms with Crippen LogP contribution in [0.2, 0.25) is 0 Å². The molecular formula is C19H22N4OS. The number of benzene rings is 1. The summed E-state index contributed by atoms with van der Waals surface area (Å²) in [7, 11) is 0. The fourth-order valence-corrected chi connectivity index (χ4v) is 4.27. The van der Waals surface area contributed by atoms with Crippen molar-refractivity contribution in [1.29, 1.82) is 0 Å². The number of hydrogen-bond donors (Lipinski definition) is 1. The van der Waals surface area contributed by atoms with Crippen molar-refractivity contribution in [3.05, 3.63) is 52.3 Å². The number of aryl methyl sites for hydroxylation is 2. The molecule has 1 fully saturated rings. The highest BCUT2D eigenvalue weighted by atomic mass is 32.1. The maximum absolute atomic E-state index is 12.6. The SMILES string of the molecule is Cc1cn2c(C(=O)NCc3ccc(N4CCCC4)cc3)c(C)nc2s1. The van der Waals surface area contributed by atoms with Crippen molar-refractivity contribution in [3.8, 4) is 0 Å². The van der Waals surface area contributed by atoms with E-state index in [1.807, 2.05) is 24.4 Å². The molecule has 1 saturated heterocycles. The van der Waals surface area contributed by atoms with Crippen LogP contribution < -0.4 is 10.2 Å². The molecule has 0 atom stereocenters. The topological polar surface area (TPSA) is 49.6 Å². The second kappa shape index (κ2) is 6.52. The molecule has 1 aliphatic heterocycles. The van der Waals surface area contributed by atoms with Crippen molar-refractivity contribution >= 4 is 27.9 Å². The lowest BCUT2D eigenvalue weighted by molar-refractivity contribution is 0.0944. The molecule has 1 aromatic carbocycles. The molecule has 3 heterocycles. The van der Waals surface area contributed by atoms with Crippen molar-refractivity contribution in [2.75, 3.05) is 18.0 Å². The van der Waals surface area contributed by atoms with Crippen LogP contribution in [0.25, 0.3) is 4.96 Å². The third-order valence-corrected chi connectivity index (χ3v) is 5.59. The number of aromatic nitrogens is 2. The average Bonchev–Trinajstić information content (AvgIpc) is 3.29. The van der Waals surface area contributed by atoms with Gasteiger partial charge in [0, 0.05) is 36.4 Å². The largest absolute Gasteiger partial charge is 0.372 e. The first-order valence-corrected chi connectivity index (χ1v) is 9.50. The Morgan fingerprint density at radius 3 is 2.64 bits per heavy atom. The molecule has 0 radical (unpaired) electrons. The van der Waals surface area contributed by atoms with Crippen molar-refractivity contribution in [2.45, 2.75) is 33.2 Å². The number of nitrogens with one attached hydrogen (secondary N) is 1. The van der Waals surface area contributed by atoms with E-state index in [4.69, 9.17) is 0 Å². The monoisotopic (exact) mass is 354 g/mol. The zero-order chi connectivity index (χ0) is 17.4. The third kappa shape index (κ3) is 3.14. The maximum atomic E-state index is 12.6. The third-order valence-electron chi connectivity index (χ3n) is 4.69. The van der Waals surface area contributed by atoms with Crippen LogP contribution in [-0.2, 0) is 6.54 Å². The molecule has 4 rings (SSSR count). The molecule has 1 aliphatic rings. The number of thiazole rings is 1. The summed E-state index contributed by atoms with van der Waals surface area (Å²) in [6.07, 6.45) is 4.53. The van der Waals surface area contributed by atoms with Crippen LogP contribution in [0.3, 0.4) is 0 Å². The van der Waals surface area contributed by atoms with E-state index in [1.165, 1.54) is 18.5 Å². The minimum Gasteiger partial charge on any atom is -0.372 e. The highest BCUT2D eigenvalue weighted by Gasteiger charge is 2.18. The Bertz CT molecular complexity index is 904. The number of carbonyl (C=O) groups is 1. The predicted octanol–water partition coefficient (Wildman–Crippen LogP) is 3.54. The number of imidazole rings is 1. The zero-order valence-electron chi connectivity index (χ0n) is 14.6. The van der Waals surface area contributed by atoms with Gasteiger partial charge in [-0.1, -0.05) is 12.1 Å². The van der Waals surface area contributed by atoms with Crippen LogP contribution >= 0.6 is 11.3 Å². The lowest BCUT2D eigenvalue weighted by atomic mass is 10.2. The molecule has 3 aromatic rings. The summed E-state index contributed by atoms with van der Waals surface area (Å²) in [6.45, 7) is 6.72. The molecule has 130 valence electrons. The maximum Gasteiger partial charge on any atom is 0.270 e. The molecule has 0 bridgehead atoms. The van der Waals surface area contributed by atoms with Crippen LogP contribution in [0, 0.1) is 13.8 Å². The summed E-state index contributed by atoms with van der Waals surface area (Å²) >= 11 is 1.60. The van der Waals surface area contributed by atoms with Gasteiger partial charge in [0.05, 0.1) is 5.69 Å². The van der Waals surface area contributed by atoms with E-state index in [-0.39, 0.29) is 5.91 Å². The first-order valence-electron chi connectivity index (χ1n) is 8.69. The number of rotatable bonds is 4. The number of anilines is 1. The van der Waals surface area contributed by atoms with Crippen LogP contribution in [0.4, 0.5) is 5.69 Å². The van der Waals surface area contributed by atoms with Crippen molar-refractivity contribution in [1.82, 2.24) is 14.7 Å². The van der Waals surface area contributed by atoms with Gasteiger partial charge in [-0.3, -0.25) is 9.20 Å². The molecule has 5 nitrogen and oxygen atoms in total. The molecular weight excluding hydrogens is 332 g/mol. The Morgan fingerprint density at radius 2 is 1.92 bits per heavy atom. The first kappa shape index (κ1) is 16.1. The Labute approximate surface area is 151 Å². The van der Waals surface area contributed by atoms with E-state index in [2.05, 4.69) is 39.5 Å². The smallest absolute Gasteiger partial charge is 0.270 e. The van der Waals surface area contributed by atoms with Gasteiger partial charge in [0.2, 0.25) is 0 Å². The Hall–Kier alpha value is -2.34. The van der Waals surface area contributed by atoms with E-state index >= 15 is 0 Å². The van der Waals surface area contributed by atoms with Crippen LogP contribution in [0.5, 0.6) is 0 Å². The minimum absolute atomic E-state index is 0.0774. The van der Waals surface area contributed by atoms with Gasteiger partial charge < -0.3 is 10.2 Å². The van der Waals surface area contributed by atoms with Crippen molar-refractivity contribution < 1.29 is 4.79 Å². The van der Waals surface area contributed by atoms with Gasteiger partial charge in [-0.15, -0.1) is 11.3 Å². The van der Waals surface area contributed by atoms with E-state index in [0.29, 0.717) is 12.2 Å². The molecule has 25 heavy (non-hydrogen) atoms. The van der Waals surface area contributed by atoms with Crippen LogP contribution in [0.15, 0.2) is 30.5 Å². The minimum atomic E-state index is -0.0774. The van der Waals surface area contributed by atoms with Crippen molar-refractivity contribution in [3.63, 3.8) is 0 Å². The van der Waals surface area contributed by atoms with Crippen LogP contribution in [-0.4, -0.2) is 28.4 Å². The Morgan fingerprint density at radius 1 is 1.20 bits per heavy atom. The van der Waals surface area contributed by atoms with Gasteiger partial charge in [-0.05, 0) is 44.4 Å². The van der Waals surface area contributed by atoms with Gasteiger partial charge in [0.25, 0.3) is 5.91 Å². The summed E-state index contributed by atoms with van der Waals surface area (Å²) in [5, 5.41) is 3.02. The molecule has 1 amide bonds. The lowest BCUT2D eigenvalue weighted by Gasteiger charge is -2.17. The predicted molar refractivity (Wildman–Crippen MR) is 102 cm³/mol. The fraction of sp³-hybridized carbons (Fsp3) is 0.368. The number of carbonyl (C=O) groups excluding carboxylic acids is 1. The summed E-state index contributed by atoms with van der Waals surface area (Å²) in [4.78, 5) is 21.5. The highest BCUT2D eigenvalue weighted by molar-refractivity contribution is 7.17. The molecule has 0 spiro atoms. The number of fused-ring (bicyclic) bond motifs is 1. The molecule has 0 saturated carbocycles. The number of nitrogens with zero attached hydrogens (tertiary/aromatic N) is 3. The second-order valence-electron chi connectivity index (χ2n) is 6.58. The Kier molecular flexibility index (Phi) is 4.21. The van der Waals surface area contributed by atoms with Gasteiger partial charge in [-0.2, -0.15) is 0 Å². The number of hydrogen-bond acceptors (Lipinski definition) is 4. The summed E-state index contributed by atoms with van der Waals surface area (Å²) < 4.78 is 1.89. The molecule has 1 N–H and O–H groups in total. The van der Waals surface area contributed by atoms with E-state index in [9.17, 15) is 4.79 Å². The standard InChI is InChI=1S/C19H22N4OS/c1-13-12-23-17(14(2)21-19(23)25-13)18(24)20-11-15-5-7-16(8-6-15)22-9-3-4-10-22/h5-8,12H,3-4,9-11H2,1-2H3,(H,20,24). The van der Waals surface area contributed by atoms with Gasteiger partial charge in [-0.25, -0.2) is 4.98 Å². The molecule has 6 heteroatoms. The summed E-state index contributed by atoms with van der Waals surface area (Å²) in [5.41, 5.74) is 3.78. The normalized spacial score (nSPS) is 14.4.